The number of rotatable bonds is 3. The summed E-state index contributed by atoms with van der Waals surface area (Å²) in [7, 11) is -3.45. The number of carboxylic acid groups (broad SMARTS) is 1. The molecule has 2 rings (SSSR count). The molecule has 1 amide bonds. The van der Waals surface area contributed by atoms with Gasteiger partial charge in [-0.1, -0.05) is 12.7 Å². The highest BCUT2D eigenvalue weighted by atomic mass is 32.2. The van der Waals surface area contributed by atoms with Crippen LogP contribution >= 0.6 is 0 Å². The SMILES string of the molecule is C=CCOC(=O)N1CC[C@@H]2CS(=O)(=O)C[C@@]21C(=O)O. The summed E-state index contributed by atoms with van der Waals surface area (Å²) in [5, 5.41) is 9.42. The predicted molar refractivity (Wildman–Crippen MR) is 65.4 cm³/mol. The summed E-state index contributed by atoms with van der Waals surface area (Å²) < 4.78 is 28.2. The van der Waals surface area contributed by atoms with Crippen LogP contribution in [-0.2, 0) is 19.4 Å². The number of carboxylic acids is 1. The fourth-order valence-electron chi connectivity index (χ4n) is 2.88. The Bertz CT molecular complexity index is 527. The van der Waals surface area contributed by atoms with Gasteiger partial charge in [-0.05, 0) is 6.42 Å². The van der Waals surface area contributed by atoms with Crippen LogP contribution < -0.4 is 0 Å². The third-order valence-electron chi connectivity index (χ3n) is 3.67. The summed E-state index contributed by atoms with van der Waals surface area (Å²) in [5.41, 5.74) is -1.67. The Morgan fingerprint density at radius 2 is 2.21 bits per heavy atom. The van der Waals surface area contributed by atoms with Crippen LogP contribution in [0.1, 0.15) is 6.42 Å². The summed E-state index contributed by atoms with van der Waals surface area (Å²) in [6.45, 7) is 3.55. The molecule has 0 unspecified atom stereocenters. The van der Waals surface area contributed by atoms with Crippen molar-refractivity contribution in [2.45, 2.75) is 12.0 Å². The molecular formula is C11H15NO6S. The van der Waals surface area contributed by atoms with Gasteiger partial charge in [-0.3, -0.25) is 4.90 Å². The number of amides is 1. The van der Waals surface area contributed by atoms with Gasteiger partial charge in [0.05, 0.1) is 11.5 Å². The highest BCUT2D eigenvalue weighted by Crippen LogP contribution is 2.43. The second-order valence-electron chi connectivity index (χ2n) is 4.79. The molecule has 0 bridgehead atoms. The van der Waals surface area contributed by atoms with Gasteiger partial charge in [-0.15, -0.1) is 0 Å². The molecule has 8 heteroatoms. The smallest absolute Gasteiger partial charge is 0.411 e. The van der Waals surface area contributed by atoms with E-state index in [1.807, 2.05) is 0 Å². The first kappa shape index (κ1) is 13.9. The highest BCUT2D eigenvalue weighted by Gasteiger charge is 2.64. The van der Waals surface area contributed by atoms with E-state index in [0.717, 1.165) is 4.90 Å². The van der Waals surface area contributed by atoms with E-state index in [-0.39, 0.29) is 18.9 Å². The van der Waals surface area contributed by atoms with E-state index < -0.39 is 39.1 Å². The standard InChI is InChI=1S/C11H15NO6S/c1-2-5-18-10(15)12-4-3-8-6-19(16,17)7-11(8,12)9(13)14/h2,8H,1,3-7H2,(H,13,14)/t8-,11+/m1/s1. The monoisotopic (exact) mass is 289 g/mol. The van der Waals surface area contributed by atoms with Crippen molar-refractivity contribution < 1.29 is 27.9 Å². The Morgan fingerprint density at radius 1 is 1.53 bits per heavy atom. The van der Waals surface area contributed by atoms with Gasteiger partial charge in [-0.25, -0.2) is 18.0 Å². The lowest BCUT2D eigenvalue weighted by Crippen LogP contribution is -2.57. The van der Waals surface area contributed by atoms with Gasteiger partial charge >= 0.3 is 12.1 Å². The second-order valence-corrected chi connectivity index (χ2v) is 6.90. The number of ether oxygens (including phenoxy) is 1. The Morgan fingerprint density at radius 3 is 2.79 bits per heavy atom. The predicted octanol–water partition coefficient (Wildman–Crippen LogP) is -0.117. The average Bonchev–Trinajstić information content (AvgIpc) is 2.77. The first-order chi connectivity index (χ1) is 8.83. The van der Waals surface area contributed by atoms with Gasteiger partial charge < -0.3 is 9.84 Å². The van der Waals surface area contributed by atoms with Gasteiger partial charge in [0.2, 0.25) is 0 Å². The molecule has 2 saturated heterocycles. The first-order valence-electron chi connectivity index (χ1n) is 5.82. The maximum Gasteiger partial charge on any atom is 0.411 e. The van der Waals surface area contributed by atoms with Gasteiger partial charge in [-0.2, -0.15) is 0 Å². The van der Waals surface area contributed by atoms with Crippen molar-refractivity contribution in [3.05, 3.63) is 12.7 Å². The molecule has 19 heavy (non-hydrogen) atoms. The Labute approximate surface area is 110 Å². The molecule has 1 N–H and O–H groups in total. The lowest BCUT2D eigenvalue weighted by molar-refractivity contribution is -0.148. The largest absolute Gasteiger partial charge is 0.479 e. The normalized spacial score (nSPS) is 31.8. The summed E-state index contributed by atoms with van der Waals surface area (Å²) in [4.78, 5) is 24.4. The van der Waals surface area contributed by atoms with E-state index in [1.54, 1.807) is 0 Å². The molecule has 0 aromatic rings. The number of likely N-dealkylation sites (tertiary alicyclic amines) is 1. The molecule has 0 aromatic carbocycles. The van der Waals surface area contributed by atoms with Crippen LogP contribution in [0.15, 0.2) is 12.7 Å². The molecule has 0 saturated carbocycles. The molecule has 7 nitrogen and oxygen atoms in total. The number of sulfone groups is 1. The molecule has 106 valence electrons. The number of carbonyl (C=O) groups is 2. The van der Waals surface area contributed by atoms with Gasteiger partial charge in [0.15, 0.2) is 15.4 Å². The Hall–Kier alpha value is -1.57. The van der Waals surface area contributed by atoms with E-state index >= 15 is 0 Å². The molecular weight excluding hydrogens is 274 g/mol. The van der Waals surface area contributed by atoms with Crippen molar-refractivity contribution >= 4 is 21.9 Å². The molecule has 0 radical (unpaired) electrons. The number of aliphatic carboxylic acids is 1. The van der Waals surface area contributed by atoms with Crippen LogP contribution in [0.4, 0.5) is 4.79 Å². The number of hydrogen-bond acceptors (Lipinski definition) is 5. The zero-order valence-corrected chi connectivity index (χ0v) is 11.1. The van der Waals surface area contributed by atoms with Gasteiger partial charge in [0, 0.05) is 12.5 Å². The van der Waals surface area contributed by atoms with Crippen molar-refractivity contribution in [2.24, 2.45) is 5.92 Å². The lowest BCUT2D eigenvalue weighted by atomic mass is 9.88. The maximum absolute atomic E-state index is 11.9. The first-order valence-corrected chi connectivity index (χ1v) is 7.65. The minimum atomic E-state index is -3.45. The van der Waals surface area contributed by atoms with Crippen molar-refractivity contribution in [1.29, 1.82) is 0 Å². The van der Waals surface area contributed by atoms with E-state index in [2.05, 4.69) is 6.58 Å². The quantitative estimate of drug-likeness (QED) is 0.727. The molecule has 2 aliphatic heterocycles. The Balaban J connectivity index is 2.33. The molecule has 2 aliphatic rings. The third-order valence-corrected chi connectivity index (χ3v) is 5.46. The van der Waals surface area contributed by atoms with Crippen LogP contribution in [0.25, 0.3) is 0 Å². The van der Waals surface area contributed by atoms with E-state index in [1.165, 1.54) is 6.08 Å². The summed E-state index contributed by atoms with van der Waals surface area (Å²) in [5.74, 6) is -2.58. The molecule has 0 aliphatic carbocycles. The molecule has 2 fully saturated rings. The maximum atomic E-state index is 11.9. The van der Waals surface area contributed by atoms with Gasteiger partial charge in [0.25, 0.3) is 0 Å². The number of hydrogen-bond donors (Lipinski definition) is 1. The van der Waals surface area contributed by atoms with Crippen LogP contribution in [0.2, 0.25) is 0 Å². The lowest BCUT2D eigenvalue weighted by Gasteiger charge is -2.32. The summed E-state index contributed by atoms with van der Waals surface area (Å²) >= 11 is 0. The summed E-state index contributed by atoms with van der Waals surface area (Å²) in [6, 6.07) is 0. The summed E-state index contributed by atoms with van der Waals surface area (Å²) in [6.07, 6.45) is 0.917. The van der Waals surface area contributed by atoms with Gasteiger partial charge in [0.1, 0.15) is 6.61 Å². The fourth-order valence-corrected chi connectivity index (χ4v) is 5.23. The molecule has 0 aromatic heterocycles. The van der Waals surface area contributed by atoms with Crippen LogP contribution in [0.5, 0.6) is 0 Å². The minimum absolute atomic E-state index is 0.0392. The van der Waals surface area contributed by atoms with Crippen molar-refractivity contribution in [1.82, 2.24) is 4.90 Å². The molecule has 0 spiro atoms. The van der Waals surface area contributed by atoms with Crippen LogP contribution in [-0.4, -0.2) is 60.7 Å². The van der Waals surface area contributed by atoms with Crippen LogP contribution in [0.3, 0.4) is 0 Å². The second kappa shape index (κ2) is 4.52. The number of carbonyl (C=O) groups excluding carboxylic acids is 1. The fraction of sp³-hybridized carbons (Fsp3) is 0.636. The molecule has 2 heterocycles. The minimum Gasteiger partial charge on any atom is -0.479 e. The Kier molecular flexibility index (Phi) is 3.29. The number of nitrogens with zero attached hydrogens (tertiary/aromatic N) is 1. The van der Waals surface area contributed by atoms with Crippen molar-refractivity contribution in [3.8, 4) is 0 Å². The topological polar surface area (TPSA) is 101 Å². The van der Waals surface area contributed by atoms with Crippen LogP contribution in [0, 0.1) is 5.92 Å². The van der Waals surface area contributed by atoms with E-state index in [9.17, 15) is 23.1 Å². The zero-order valence-electron chi connectivity index (χ0n) is 10.2. The third kappa shape index (κ3) is 2.09. The van der Waals surface area contributed by atoms with Crippen molar-refractivity contribution in [3.63, 3.8) is 0 Å². The zero-order chi connectivity index (χ0) is 14.3. The van der Waals surface area contributed by atoms with E-state index in [0.29, 0.717) is 6.42 Å². The average molecular weight is 289 g/mol. The van der Waals surface area contributed by atoms with E-state index in [4.69, 9.17) is 4.74 Å². The molecule has 2 atom stereocenters. The highest BCUT2D eigenvalue weighted by molar-refractivity contribution is 7.91. The number of fused-ring (bicyclic) bond motifs is 1. The van der Waals surface area contributed by atoms with Crippen molar-refractivity contribution in [2.75, 3.05) is 24.7 Å².